The van der Waals surface area contributed by atoms with Gasteiger partial charge in [-0.1, -0.05) is 27.5 Å². The van der Waals surface area contributed by atoms with E-state index < -0.39 is 24.0 Å². The van der Waals surface area contributed by atoms with Gasteiger partial charge in [-0.15, -0.1) is 0 Å². The summed E-state index contributed by atoms with van der Waals surface area (Å²) in [4.78, 5) is 22.7. The second-order valence-corrected chi connectivity index (χ2v) is 4.98. The number of carboxylic acid groups (broad SMARTS) is 1. The number of benzene rings is 1. The molecule has 0 spiro atoms. The van der Waals surface area contributed by atoms with Crippen molar-refractivity contribution in [2.45, 2.75) is 19.1 Å². The lowest BCUT2D eigenvalue weighted by molar-refractivity contribution is -0.141. The number of aliphatic hydroxyl groups excluding tert-OH is 1. The first kappa shape index (κ1) is 14.9. The van der Waals surface area contributed by atoms with E-state index in [2.05, 4.69) is 21.2 Å². The minimum atomic E-state index is -1.38. The van der Waals surface area contributed by atoms with Gasteiger partial charge in [0.2, 0.25) is 0 Å². The molecule has 5 nitrogen and oxygen atoms in total. The van der Waals surface area contributed by atoms with Crippen molar-refractivity contribution in [1.29, 1.82) is 0 Å². The number of halogens is 2. The van der Waals surface area contributed by atoms with Crippen LogP contribution in [0.1, 0.15) is 17.3 Å². The maximum absolute atomic E-state index is 11.8. The second-order valence-electron chi connectivity index (χ2n) is 3.65. The lowest BCUT2D eigenvalue weighted by atomic mass is 10.1. The quantitative estimate of drug-likeness (QED) is 0.780. The fourth-order valence-electron chi connectivity index (χ4n) is 1.28. The van der Waals surface area contributed by atoms with Gasteiger partial charge in [0, 0.05) is 4.47 Å². The summed E-state index contributed by atoms with van der Waals surface area (Å²) in [6.07, 6.45) is -1.21. The van der Waals surface area contributed by atoms with E-state index in [-0.39, 0.29) is 10.6 Å². The van der Waals surface area contributed by atoms with E-state index in [0.717, 1.165) is 0 Å². The van der Waals surface area contributed by atoms with Crippen LogP contribution in [0.25, 0.3) is 0 Å². The molecule has 1 aromatic carbocycles. The first-order valence-electron chi connectivity index (χ1n) is 4.99. The minimum Gasteiger partial charge on any atom is -0.480 e. The monoisotopic (exact) mass is 335 g/mol. The zero-order valence-corrected chi connectivity index (χ0v) is 11.7. The number of carbonyl (C=O) groups excluding carboxylic acids is 1. The van der Waals surface area contributed by atoms with Crippen molar-refractivity contribution in [2.75, 3.05) is 0 Å². The first-order valence-corrected chi connectivity index (χ1v) is 6.17. The molecule has 1 amide bonds. The van der Waals surface area contributed by atoms with E-state index in [1.807, 2.05) is 0 Å². The van der Waals surface area contributed by atoms with Gasteiger partial charge in [-0.2, -0.15) is 0 Å². The third-order valence-electron chi connectivity index (χ3n) is 2.21. The Hall–Kier alpha value is -1.11. The molecule has 2 unspecified atom stereocenters. The highest BCUT2D eigenvalue weighted by Crippen LogP contribution is 2.21. The fraction of sp³-hybridized carbons (Fsp3) is 0.273. The van der Waals surface area contributed by atoms with Gasteiger partial charge in [-0.3, -0.25) is 4.79 Å². The van der Waals surface area contributed by atoms with Crippen LogP contribution in [0.5, 0.6) is 0 Å². The smallest absolute Gasteiger partial charge is 0.328 e. The number of amides is 1. The number of rotatable bonds is 4. The molecule has 0 bridgehead atoms. The van der Waals surface area contributed by atoms with Gasteiger partial charge < -0.3 is 15.5 Å². The van der Waals surface area contributed by atoms with Gasteiger partial charge in [0.15, 0.2) is 6.04 Å². The van der Waals surface area contributed by atoms with Gasteiger partial charge in [0.05, 0.1) is 16.7 Å². The van der Waals surface area contributed by atoms with Crippen LogP contribution >= 0.6 is 27.5 Å². The number of aliphatic hydroxyl groups is 1. The van der Waals surface area contributed by atoms with Crippen molar-refractivity contribution in [3.63, 3.8) is 0 Å². The Balaban J connectivity index is 2.94. The standard InChI is InChI=1S/C11H11BrClNO4/c1-5(15)9(11(17)18)14-10(16)7-4-6(12)2-3-8(7)13/h2-5,9,15H,1H3,(H,14,16)(H,17,18). The van der Waals surface area contributed by atoms with E-state index in [9.17, 15) is 14.7 Å². The molecule has 0 heterocycles. The average Bonchev–Trinajstić information content (AvgIpc) is 2.28. The molecule has 0 fully saturated rings. The number of aliphatic carboxylic acids is 1. The van der Waals surface area contributed by atoms with Crippen LogP contribution in [-0.4, -0.2) is 34.2 Å². The van der Waals surface area contributed by atoms with Crippen LogP contribution in [0.3, 0.4) is 0 Å². The molecule has 0 aromatic heterocycles. The Morgan fingerprint density at radius 2 is 2.06 bits per heavy atom. The summed E-state index contributed by atoms with van der Waals surface area (Å²) >= 11 is 9.03. The third kappa shape index (κ3) is 3.69. The Morgan fingerprint density at radius 3 is 2.56 bits per heavy atom. The zero-order chi connectivity index (χ0) is 13.9. The number of carbonyl (C=O) groups is 2. The Kier molecular flexibility index (Phi) is 5.13. The highest BCUT2D eigenvalue weighted by Gasteiger charge is 2.26. The highest BCUT2D eigenvalue weighted by molar-refractivity contribution is 9.10. The molecular weight excluding hydrogens is 325 g/mol. The average molecular weight is 337 g/mol. The molecule has 2 atom stereocenters. The van der Waals surface area contributed by atoms with Crippen molar-refractivity contribution in [3.05, 3.63) is 33.3 Å². The van der Waals surface area contributed by atoms with Crippen LogP contribution in [0.2, 0.25) is 5.02 Å². The van der Waals surface area contributed by atoms with Gasteiger partial charge >= 0.3 is 5.97 Å². The highest BCUT2D eigenvalue weighted by atomic mass is 79.9. The van der Waals surface area contributed by atoms with Gasteiger partial charge in [0.25, 0.3) is 5.91 Å². The molecule has 98 valence electrons. The molecule has 3 N–H and O–H groups in total. The predicted molar refractivity (Wildman–Crippen MR) is 69.7 cm³/mol. The fourth-order valence-corrected chi connectivity index (χ4v) is 1.84. The van der Waals surface area contributed by atoms with Crippen LogP contribution in [0, 0.1) is 0 Å². The third-order valence-corrected chi connectivity index (χ3v) is 3.03. The molecular formula is C11H11BrClNO4. The number of carboxylic acids is 1. The molecule has 0 aliphatic rings. The Labute approximate surface area is 117 Å². The van der Waals surface area contributed by atoms with Crippen molar-refractivity contribution < 1.29 is 19.8 Å². The van der Waals surface area contributed by atoms with Gasteiger partial charge in [0.1, 0.15) is 0 Å². The number of nitrogens with one attached hydrogen (secondary N) is 1. The second kappa shape index (κ2) is 6.17. The SMILES string of the molecule is CC(O)C(NC(=O)c1cc(Br)ccc1Cl)C(=O)O. The normalized spacial score (nSPS) is 13.8. The zero-order valence-electron chi connectivity index (χ0n) is 9.35. The van der Waals surface area contributed by atoms with Gasteiger partial charge in [-0.25, -0.2) is 4.79 Å². The van der Waals surface area contributed by atoms with Crippen LogP contribution < -0.4 is 5.32 Å². The maximum atomic E-state index is 11.8. The van der Waals surface area contributed by atoms with E-state index in [1.54, 1.807) is 6.07 Å². The first-order chi connectivity index (χ1) is 8.32. The summed E-state index contributed by atoms with van der Waals surface area (Å²) in [6, 6.07) is 3.26. The molecule has 0 radical (unpaired) electrons. The van der Waals surface area contributed by atoms with Crippen molar-refractivity contribution >= 4 is 39.4 Å². The van der Waals surface area contributed by atoms with Crippen molar-refractivity contribution in [1.82, 2.24) is 5.32 Å². The molecule has 18 heavy (non-hydrogen) atoms. The molecule has 1 rings (SSSR count). The summed E-state index contributed by atoms with van der Waals surface area (Å²) in [6.45, 7) is 1.28. The maximum Gasteiger partial charge on any atom is 0.328 e. The van der Waals surface area contributed by atoms with E-state index >= 15 is 0 Å². The van der Waals surface area contributed by atoms with E-state index in [1.165, 1.54) is 19.1 Å². The molecule has 1 aromatic rings. The Morgan fingerprint density at radius 1 is 1.44 bits per heavy atom. The largest absolute Gasteiger partial charge is 0.480 e. The van der Waals surface area contributed by atoms with Gasteiger partial charge in [-0.05, 0) is 25.1 Å². The molecule has 0 saturated carbocycles. The van der Waals surface area contributed by atoms with Crippen LogP contribution in [0.15, 0.2) is 22.7 Å². The summed E-state index contributed by atoms with van der Waals surface area (Å²) in [5, 5.41) is 20.5. The molecule has 0 aliphatic heterocycles. The summed E-state index contributed by atoms with van der Waals surface area (Å²) < 4.78 is 0.640. The summed E-state index contributed by atoms with van der Waals surface area (Å²) in [5.41, 5.74) is 0.137. The molecule has 0 aliphatic carbocycles. The lowest BCUT2D eigenvalue weighted by Crippen LogP contribution is -2.47. The molecule has 0 saturated heterocycles. The van der Waals surface area contributed by atoms with Crippen molar-refractivity contribution in [3.8, 4) is 0 Å². The minimum absolute atomic E-state index is 0.137. The van der Waals surface area contributed by atoms with Crippen molar-refractivity contribution in [2.24, 2.45) is 0 Å². The van der Waals surface area contributed by atoms with Crippen LogP contribution in [-0.2, 0) is 4.79 Å². The topological polar surface area (TPSA) is 86.6 Å². The Bertz CT molecular complexity index is 478. The number of hydrogen-bond donors (Lipinski definition) is 3. The molecule has 7 heteroatoms. The van der Waals surface area contributed by atoms with E-state index in [0.29, 0.717) is 4.47 Å². The van der Waals surface area contributed by atoms with E-state index in [4.69, 9.17) is 16.7 Å². The number of hydrogen-bond acceptors (Lipinski definition) is 3. The lowest BCUT2D eigenvalue weighted by Gasteiger charge is -2.17. The predicted octanol–water partition coefficient (Wildman–Crippen LogP) is 1.67. The summed E-state index contributed by atoms with van der Waals surface area (Å²) in [5.74, 6) is -1.97. The van der Waals surface area contributed by atoms with Crippen LogP contribution in [0.4, 0.5) is 0 Å². The summed E-state index contributed by atoms with van der Waals surface area (Å²) in [7, 11) is 0.